The van der Waals surface area contributed by atoms with Crippen LogP contribution in [0.1, 0.15) is 32.6 Å². The molecule has 1 heterocycles. The topological polar surface area (TPSA) is 34.1 Å². The zero-order chi connectivity index (χ0) is 11.2. The molecule has 16 heavy (non-hydrogen) atoms. The van der Waals surface area contributed by atoms with Crippen molar-refractivity contribution in [1.82, 2.24) is 4.98 Å². The number of pyridine rings is 1. The molecule has 0 aliphatic heterocycles. The molecule has 3 heteroatoms. The van der Waals surface area contributed by atoms with Gasteiger partial charge in [0.15, 0.2) is 0 Å². The molecule has 1 fully saturated rings. The summed E-state index contributed by atoms with van der Waals surface area (Å²) in [6, 6.07) is 3.88. The molecule has 0 spiro atoms. The van der Waals surface area contributed by atoms with Gasteiger partial charge >= 0.3 is 0 Å². The van der Waals surface area contributed by atoms with Crippen molar-refractivity contribution in [2.24, 2.45) is 5.92 Å². The standard InChI is InChI=1S/C13H20N2O/c1-2-14-13-10-12(6-8-15-13)16-9-7-11-4-3-5-11/h6,8,10-11H,2-5,7,9H2,1H3,(H,14,15). The fraction of sp³-hybridized carbons (Fsp3) is 0.615. The van der Waals surface area contributed by atoms with Gasteiger partial charge in [0.25, 0.3) is 0 Å². The van der Waals surface area contributed by atoms with E-state index in [1.807, 2.05) is 12.1 Å². The van der Waals surface area contributed by atoms with Gasteiger partial charge < -0.3 is 10.1 Å². The van der Waals surface area contributed by atoms with E-state index >= 15 is 0 Å². The number of aromatic nitrogens is 1. The SMILES string of the molecule is CCNc1cc(OCCC2CCC2)ccn1. The van der Waals surface area contributed by atoms with Crippen LogP contribution in [0.3, 0.4) is 0 Å². The molecule has 0 bridgehead atoms. The van der Waals surface area contributed by atoms with Crippen molar-refractivity contribution < 1.29 is 4.74 Å². The van der Waals surface area contributed by atoms with Crippen LogP contribution in [0.4, 0.5) is 5.82 Å². The molecule has 1 N–H and O–H groups in total. The first-order chi connectivity index (χ1) is 7.88. The normalized spacial score (nSPS) is 15.6. The zero-order valence-electron chi connectivity index (χ0n) is 9.91. The van der Waals surface area contributed by atoms with Crippen LogP contribution in [-0.2, 0) is 0 Å². The van der Waals surface area contributed by atoms with Gasteiger partial charge in [-0.1, -0.05) is 19.3 Å². The molecule has 1 aromatic heterocycles. The lowest BCUT2D eigenvalue weighted by atomic mass is 9.83. The third-order valence-corrected chi connectivity index (χ3v) is 3.11. The summed E-state index contributed by atoms with van der Waals surface area (Å²) >= 11 is 0. The summed E-state index contributed by atoms with van der Waals surface area (Å²) in [6.07, 6.45) is 7.17. The van der Waals surface area contributed by atoms with E-state index in [9.17, 15) is 0 Å². The minimum Gasteiger partial charge on any atom is -0.493 e. The summed E-state index contributed by atoms with van der Waals surface area (Å²) in [4.78, 5) is 4.21. The van der Waals surface area contributed by atoms with Crippen LogP contribution >= 0.6 is 0 Å². The number of ether oxygens (including phenoxy) is 1. The molecule has 0 saturated heterocycles. The van der Waals surface area contributed by atoms with Crippen LogP contribution in [0.25, 0.3) is 0 Å². The summed E-state index contributed by atoms with van der Waals surface area (Å²) in [6.45, 7) is 3.78. The Morgan fingerprint density at radius 2 is 2.38 bits per heavy atom. The summed E-state index contributed by atoms with van der Waals surface area (Å²) in [5.74, 6) is 2.73. The van der Waals surface area contributed by atoms with Gasteiger partial charge in [0.05, 0.1) is 6.61 Å². The van der Waals surface area contributed by atoms with Gasteiger partial charge in [0.1, 0.15) is 11.6 Å². The quantitative estimate of drug-likeness (QED) is 0.800. The van der Waals surface area contributed by atoms with Crippen molar-refractivity contribution in [3.8, 4) is 5.75 Å². The van der Waals surface area contributed by atoms with Crippen LogP contribution in [0.2, 0.25) is 0 Å². The maximum atomic E-state index is 5.72. The molecule has 0 atom stereocenters. The lowest BCUT2D eigenvalue weighted by molar-refractivity contribution is 0.222. The van der Waals surface area contributed by atoms with E-state index in [0.29, 0.717) is 0 Å². The molecule has 88 valence electrons. The molecule has 1 aliphatic rings. The van der Waals surface area contributed by atoms with Crippen LogP contribution in [0.15, 0.2) is 18.3 Å². The van der Waals surface area contributed by atoms with Crippen LogP contribution in [-0.4, -0.2) is 18.1 Å². The third kappa shape index (κ3) is 3.12. The van der Waals surface area contributed by atoms with E-state index in [4.69, 9.17) is 4.74 Å². The Bertz CT molecular complexity index is 323. The van der Waals surface area contributed by atoms with E-state index in [0.717, 1.165) is 30.6 Å². The highest BCUT2D eigenvalue weighted by atomic mass is 16.5. The highest BCUT2D eigenvalue weighted by Gasteiger charge is 2.16. The van der Waals surface area contributed by atoms with Crippen molar-refractivity contribution >= 4 is 5.82 Å². The molecule has 0 aromatic carbocycles. The molecule has 2 rings (SSSR count). The van der Waals surface area contributed by atoms with E-state index in [1.54, 1.807) is 6.20 Å². The highest BCUT2D eigenvalue weighted by molar-refractivity contribution is 5.40. The van der Waals surface area contributed by atoms with Gasteiger partial charge in [-0.05, 0) is 25.3 Å². The van der Waals surface area contributed by atoms with E-state index < -0.39 is 0 Å². The Labute approximate surface area is 97.2 Å². The third-order valence-electron chi connectivity index (χ3n) is 3.11. The van der Waals surface area contributed by atoms with Gasteiger partial charge in [0.2, 0.25) is 0 Å². The van der Waals surface area contributed by atoms with Crippen LogP contribution in [0, 0.1) is 5.92 Å². The monoisotopic (exact) mass is 220 g/mol. The first kappa shape index (κ1) is 11.2. The van der Waals surface area contributed by atoms with Gasteiger partial charge in [-0.25, -0.2) is 4.98 Å². The number of nitrogens with zero attached hydrogens (tertiary/aromatic N) is 1. The Morgan fingerprint density at radius 1 is 1.50 bits per heavy atom. The minimum atomic E-state index is 0.834. The Morgan fingerprint density at radius 3 is 3.06 bits per heavy atom. The zero-order valence-corrected chi connectivity index (χ0v) is 9.91. The van der Waals surface area contributed by atoms with Crippen molar-refractivity contribution in [1.29, 1.82) is 0 Å². The second kappa shape index (κ2) is 5.73. The number of rotatable bonds is 6. The summed E-state index contributed by atoms with van der Waals surface area (Å²) < 4.78 is 5.72. The number of nitrogens with one attached hydrogen (secondary N) is 1. The van der Waals surface area contributed by atoms with Crippen LogP contribution < -0.4 is 10.1 Å². The molecule has 1 saturated carbocycles. The summed E-state index contributed by atoms with van der Waals surface area (Å²) in [5.41, 5.74) is 0. The van der Waals surface area contributed by atoms with Crippen molar-refractivity contribution in [3.63, 3.8) is 0 Å². The van der Waals surface area contributed by atoms with Crippen molar-refractivity contribution in [2.75, 3.05) is 18.5 Å². The summed E-state index contributed by atoms with van der Waals surface area (Å²) in [7, 11) is 0. The molecule has 0 unspecified atom stereocenters. The van der Waals surface area contributed by atoms with Gasteiger partial charge in [0, 0.05) is 18.8 Å². The average molecular weight is 220 g/mol. The van der Waals surface area contributed by atoms with Crippen molar-refractivity contribution in [2.45, 2.75) is 32.6 Å². The van der Waals surface area contributed by atoms with Crippen LogP contribution in [0.5, 0.6) is 5.75 Å². The number of anilines is 1. The van der Waals surface area contributed by atoms with E-state index in [-0.39, 0.29) is 0 Å². The smallest absolute Gasteiger partial charge is 0.129 e. The average Bonchev–Trinajstić information content (AvgIpc) is 2.23. The Kier molecular flexibility index (Phi) is 4.03. The predicted molar refractivity (Wildman–Crippen MR) is 65.9 cm³/mol. The molecule has 0 amide bonds. The molecule has 0 radical (unpaired) electrons. The molecular weight excluding hydrogens is 200 g/mol. The molecular formula is C13H20N2O. The second-order valence-corrected chi connectivity index (χ2v) is 4.34. The first-order valence-corrected chi connectivity index (χ1v) is 6.21. The van der Waals surface area contributed by atoms with Gasteiger partial charge in [-0.2, -0.15) is 0 Å². The molecule has 1 aromatic rings. The Hall–Kier alpha value is -1.25. The van der Waals surface area contributed by atoms with E-state index in [2.05, 4.69) is 17.2 Å². The largest absolute Gasteiger partial charge is 0.493 e. The predicted octanol–water partition coefficient (Wildman–Crippen LogP) is 3.08. The first-order valence-electron chi connectivity index (χ1n) is 6.21. The lowest BCUT2D eigenvalue weighted by Gasteiger charge is -2.24. The maximum absolute atomic E-state index is 5.72. The second-order valence-electron chi connectivity index (χ2n) is 4.34. The fourth-order valence-electron chi connectivity index (χ4n) is 1.90. The number of hydrogen-bond donors (Lipinski definition) is 1. The fourth-order valence-corrected chi connectivity index (χ4v) is 1.90. The van der Waals surface area contributed by atoms with Gasteiger partial charge in [-0.15, -0.1) is 0 Å². The maximum Gasteiger partial charge on any atom is 0.129 e. The molecule has 3 nitrogen and oxygen atoms in total. The van der Waals surface area contributed by atoms with E-state index in [1.165, 1.54) is 25.7 Å². The van der Waals surface area contributed by atoms with Gasteiger partial charge in [-0.3, -0.25) is 0 Å². The Balaban J connectivity index is 1.76. The minimum absolute atomic E-state index is 0.834. The molecule has 1 aliphatic carbocycles. The summed E-state index contributed by atoms with van der Waals surface area (Å²) in [5, 5.41) is 3.18. The van der Waals surface area contributed by atoms with Crippen molar-refractivity contribution in [3.05, 3.63) is 18.3 Å². The number of hydrogen-bond acceptors (Lipinski definition) is 3. The highest BCUT2D eigenvalue weighted by Crippen LogP contribution is 2.29. The lowest BCUT2D eigenvalue weighted by Crippen LogP contribution is -2.14.